The average molecular weight is 183 g/mol. The van der Waals surface area contributed by atoms with E-state index in [1.165, 1.54) is 32.1 Å². The zero-order chi connectivity index (χ0) is 9.90. The summed E-state index contributed by atoms with van der Waals surface area (Å²) in [5, 5.41) is 0. The van der Waals surface area contributed by atoms with Crippen LogP contribution in [0.2, 0.25) is 0 Å². The third-order valence-electron chi connectivity index (χ3n) is 4.22. The minimum atomic E-state index is 0.479. The van der Waals surface area contributed by atoms with E-state index in [1.807, 2.05) is 0 Å². The molecule has 1 aliphatic rings. The Labute approximate surface area is 83.1 Å². The Kier molecular flexibility index (Phi) is 3.78. The zero-order valence-electron chi connectivity index (χ0n) is 9.47. The van der Waals surface area contributed by atoms with Gasteiger partial charge in [0.25, 0.3) is 0 Å². The van der Waals surface area contributed by atoms with E-state index in [2.05, 4.69) is 20.8 Å². The standard InChI is InChI=1S/C12H25N/c1-10(2)11(3)12(9-13)7-5-4-6-8-12/h10-11H,4-9,13H2,1-3H3. The third-order valence-corrected chi connectivity index (χ3v) is 4.22. The fourth-order valence-corrected chi connectivity index (χ4v) is 2.81. The molecule has 1 aliphatic carbocycles. The van der Waals surface area contributed by atoms with Gasteiger partial charge in [0.1, 0.15) is 0 Å². The summed E-state index contributed by atoms with van der Waals surface area (Å²) >= 11 is 0. The molecule has 0 bridgehead atoms. The first-order valence-electron chi connectivity index (χ1n) is 5.82. The second-order valence-electron chi connectivity index (χ2n) is 5.16. The van der Waals surface area contributed by atoms with E-state index < -0.39 is 0 Å². The Morgan fingerprint density at radius 3 is 2.00 bits per heavy atom. The molecule has 1 fully saturated rings. The Morgan fingerprint density at radius 1 is 1.08 bits per heavy atom. The topological polar surface area (TPSA) is 26.0 Å². The largest absolute Gasteiger partial charge is 0.330 e. The molecule has 0 aliphatic heterocycles. The van der Waals surface area contributed by atoms with Crippen molar-refractivity contribution >= 4 is 0 Å². The Bertz CT molecular complexity index is 145. The van der Waals surface area contributed by atoms with Crippen LogP contribution in [0.15, 0.2) is 0 Å². The zero-order valence-corrected chi connectivity index (χ0v) is 9.47. The highest BCUT2D eigenvalue weighted by atomic mass is 14.6. The number of hydrogen-bond acceptors (Lipinski definition) is 1. The van der Waals surface area contributed by atoms with E-state index in [9.17, 15) is 0 Å². The molecule has 78 valence electrons. The van der Waals surface area contributed by atoms with Crippen molar-refractivity contribution in [3.8, 4) is 0 Å². The van der Waals surface area contributed by atoms with Crippen molar-refractivity contribution in [1.82, 2.24) is 0 Å². The monoisotopic (exact) mass is 183 g/mol. The van der Waals surface area contributed by atoms with Gasteiger partial charge >= 0.3 is 0 Å². The van der Waals surface area contributed by atoms with E-state index in [4.69, 9.17) is 5.73 Å². The molecular formula is C12H25N. The van der Waals surface area contributed by atoms with Gasteiger partial charge in [-0.1, -0.05) is 40.0 Å². The van der Waals surface area contributed by atoms with Crippen LogP contribution in [0.5, 0.6) is 0 Å². The summed E-state index contributed by atoms with van der Waals surface area (Å²) in [4.78, 5) is 0. The lowest BCUT2D eigenvalue weighted by molar-refractivity contribution is 0.0847. The first-order valence-corrected chi connectivity index (χ1v) is 5.82. The molecule has 0 radical (unpaired) electrons. The molecule has 13 heavy (non-hydrogen) atoms. The van der Waals surface area contributed by atoms with Gasteiger partial charge in [-0.05, 0) is 36.6 Å². The van der Waals surface area contributed by atoms with E-state index in [0.717, 1.165) is 18.4 Å². The summed E-state index contributed by atoms with van der Waals surface area (Å²) in [6, 6.07) is 0. The van der Waals surface area contributed by atoms with Crippen molar-refractivity contribution in [3.05, 3.63) is 0 Å². The van der Waals surface area contributed by atoms with Crippen LogP contribution in [0.1, 0.15) is 52.9 Å². The van der Waals surface area contributed by atoms with Gasteiger partial charge in [0.05, 0.1) is 0 Å². The second kappa shape index (κ2) is 4.45. The lowest BCUT2D eigenvalue weighted by atomic mass is 9.63. The SMILES string of the molecule is CC(C)C(C)C1(CN)CCCCC1. The van der Waals surface area contributed by atoms with Gasteiger partial charge in [0, 0.05) is 0 Å². The number of nitrogens with two attached hydrogens (primary N) is 1. The third kappa shape index (κ3) is 2.25. The molecular weight excluding hydrogens is 158 g/mol. The summed E-state index contributed by atoms with van der Waals surface area (Å²) in [7, 11) is 0. The Balaban J connectivity index is 2.66. The summed E-state index contributed by atoms with van der Waals surface area (Å²) in [6.07, 6.45) is 6.95. The van der Waals surface area contributed by atoms with Crippen molar-refractivity contribution in [2.45, 2.75) is 52.9 Å². The Hall–Kier alpha value is -0.0400. The maximum Gasteiger partial charge on any atom is -0.00179 e. The van der Waals surface area contributed by atoms with Crippen molar-refractivity contribution < 1.29 is 0 Å². The van der Waals surface area contributed by atoms with Crippen LogP contribution in [0.4, 0.5) is 0 Å². The maximum atomic E-state index is 5.98. The van der Waals surface area contributed by atoms with Gasteiger partial charge < -0.3 is 5.73 Å². The molecule has 0 aromatic heterocycles. The molecule has 1 saturated carbocycles. The molecule has 0 saturated heterocycles. The Morgan fingerprint density at radius 2 is 1.62 bits per heavy atom. The van der Waals surface area contributed by atoms with Gasteiger partial charge in [-0.15, -0.1) is 0 Å². The molecule has 2 N–H and O–H groups in total. The highest BCUT2D eigenvalue weighted by Gasteiger charge is 2.37. The second-order valence-corrected chi connectivity index (χ2v) is 5.16. The molecule has 0 aromatic rings. The molecule has 1 nitrogen and oxygen atoms in total. The van der Waals surface area contributed by atoms with Crippen LogP contribution in [0.25, 0.3) is 0 Å². The van der Waals surface area contributed by atoms with Crippen molar-refractivity contribution in [2.75, 3.05) is 6.54 Å². The minimum absolute atomic E-state index is 0.479. The fourth-order valence-electron chi connectivity index (χ4n) is 2.81. The van der Waals surface area contributed by atoms with E-state index in [-0.39, 0.29) is 0 Å². The normalized spacial score (nSPS) is 24.7. The van der Waals surface area contributed by atoms with Crippen LogP contribution in [-0.2, 0) is 0 Å². The molecule has 0 amide bonds. The quantitative estimate of drug-likeness (QED) is 0.714. The van der Waals surface area contributed by atoms with Crippen LogP contribution < -0.4 is 5.73 Å². The van der Waals surface area contributed by atoms with E-state index in [1.54, 1.807) is 0 Å². The van der Waals surface area contributed by atoms with Crippen LogP contribution in [0, 0.1) is 17.3 Å². The van der Waals surface area contributed by atoms with Gasteiger partial charge in [0.2, 0.25) is 0 Å². The van der Waals surface area contributed by atoms with Gasteiger partial charge in [-0.2, -0.15) is 0 Å². The van der Waals surface area contributed by atoms with Crippen LogP contribution in [0.3, 0.4) is 0 Å². The molecule has 0 heterocycles. The highest BCUT2D eigenvalue weighted by molar-refractivity contribution is 4.89. The average Bonchev–Trinajstić information content (AvgIpc) is 2.17. The summed E-state index contributed by atoms with van der Waals surface area (Å²) in [5.41, 5.74) is 6.46. The van der Waals surface area contributed by atoms with Gasteiger partial charge in [-0.25, -0.2) is 0 Å². The van der Waals surface area contributed by atoms with Crippen molar-refractivity contribution in [1.29, 1.82) is 0 Å². The smallest absolute Gasteiger partial charge is 0.00179 e. The van der Waals surface area contributed by atoms with Gasteiger partial charge in [-0.3, -0.25) is 0 Å². The number of hydrogen-bond donors (Lipinski definition) is 1. The molecule has 1 heteroatoms. The first-order chi connectivity index (χ1) is 6.12. The summed E-state index contributed by atoms with van der Waals surface area (Å²) in [6.45, 7) is 7.95. The number of rotatable bonds is 3. The minimum Gasteiger partial charge on any atom is -0.330 e. The molecule has 0 aromatic carbocycles. The summed E-state index contributed by atoms with van der Waals surface area (Å²) < 4.78 is 0. The van der Waals surface area contributed by atoms with Gasteiger partial charge in [0.15, 0.2) is 0 Å². The predicted octanol–water partition coefficient (Wildman–Crippen LogP) is 3.19. The molecule has 1 unspecified atom stereocenters. The fraction of sp³-hybridized carbons (Fsp3) is 1.00. The molecule has 0 spiro atoms. The van der Waals surface area contributed by atoms with E-state index in [0.29, 0.717) is 5.41 Å². The van der Waals surface area contributed by atoms with Crippen molar-refractivity contribution in [2.24, 2.45) is 23.0 Å². The lowest BCUT2D eigenvalue weighted by Gasteiger charge is -2.43. The highest BCUT2D eigenvalue weighted by Crippen LogP contribution is 2.44. The molecule has 1 atom stereocenters. The predicted molar refractivity (Wildman–Crippen MR) is 58.6 cm³/mol. The lowest BCUT2D eigenvalue weighted by Crippen LogP contribution is -2.40. The van der Waals surface area contributed by atoms with Crippen LogP contribution >= 0.6 is 0 Å². The van der Waals surface area contributed by atoms with E-state index >= 15 is 0 Å². The van der Waals surface area contributed by atoms with Crippen LogP contribution in [-0.4, -0.2) is 6.54 Å². The first kappa shape index (κ1) is 11.0. The molecule has 1 rings (SSSR count). The van der Waals surface area contributed by atoms with Crippen molar-refractivity contribution in [3.63, 3.8) is 0 Å². The maximum absolute atomic E-state index is 5.98. The summed E-state index contributed by atoms with van der Waals surface area (Å²) in [5.74, 6) is 1.57.